The van der Waals surface area contributed by atoms with Crippen molar-refractivity contribution < 1.29 is 0 Å². The highest BCUT2D eigenvalue weighted by atomic mass is 15.3. The number of aromatic amines is 1. The monoisotopic (exact) mass is 298 g/mol. The van der Waals surface area contributed by atoms with Crippen molar-refractivity contribution in [1.29, 1.82) is 0 Å². The Morgan fingerprint density at radius 3 is 2.64 bits per heavy atom. The minimum Gasteiger partial charge on any atom is -0.354 e. The van der Waals surface area contributed by atoms with Gasteiger partial charge in [-0.3, -0.25) is 5.10 Å². The van der Waals surface area contributed by atoms with Gasteiger partial charge in [0.2, 0.25) is 0 Å². The third-order valence-electron chi connectivity index (χ3n) is 3.69. The molecule has 22 heavy (non-hydrogen) atoms. The fraction of sp³-hybridized carbons (Fsp3) is 0.438. The number of rotatable bonds is 4. The molecule has 0 saturated heterocycles. The molecule has 0 amide bonds. The van der Waals surface area contributed by atoms with Gasteiger partial charge in [0.15, 0.2) is 5.65 Å². The van der Waals surface area contributed by atoms with E-state index in [4.69, 9.17) is 4.98 Å². The maximum atomic E-state index is 4.70. The lowest BCUT2D eigenvalue weighted by molar-refractivity contribution is 0.774. The van der Waals surface area contributed by atoms with E-state index in [9.17, 15) is 0 Å². The number of hydrogen-bond acceptors (Lipinski definition) is 4. The largest absolute Gasteiger partial charge is 0.354 e. The van der Waals surface area contributed by atoms with Crippen LogP contribution >= 0.6 is 0 Å². The van der Waals surface area contributed by atoms with Gasteiger partial charge in [-0.2, -0.15) is 14.7 Å². The number of anilines is 1. The number of hydrogen-bond donors (Lipinski definition) is 1. The average Bonchev–Trinajstić information content (AvgIpc) is 3.01. The topological polar surface area (TPSA) is 62.1 Å². The van der Waals surface area contributed by atoms with Crippen LogP contribution in [0.25, 0.3) is 5.65 Å². The van der Waals surface area contributed by atoms with Crippen molar-refractivity contribution in [2.24, 2.45) is 0 Å². The van der Waals surface area contributed by atoms with Crippen molar-refractivity contribution >= 4 is 11.5 Å². The van der Waals surface area contributed by atoms with Crippen LogP contribution in [0.2, 0.25) is 0 Å². The van der Waals surface area contributed by atoms with Gasteiger partial charge >= 0.3 is 0 Å². The van der Waals surface area contributed by atoms with Crippen molar-refractivity contribution in [3.05, 3.63) is 41.0 Å². The van der Waals surface area contributed by atoms with Crippen LogP contribution < -0.4 is 4.90 Å². The molecule has 0 fully saturated rings. The molecule has 0 aromatic carbocycles. The van der Waals surface area contributed by atoms with Gasteiger partial charge in [-0.05, 0) is 25.8 Å². The summed E-state index contributed by atoms with van der Waals surface area (Å²) >= 11 is 0. The van der Waals surface area contributed by atoms with Gasteiger partial charge in [-0.25, -0.2) is 4.98 Å². The smallest absolute Gasteiger partial charge is 0.157 e. The number of aryl methyl sites for hydroxylation is 2. The van der Waals surface area contributed by atoms with Crippen molar-refractivity contribution in [3.8, 4) is 0 Å². The maximum absolute atomic E-state index is 4.70. The number of aromatic nitrogens is 5. The molecule has 1 N–H and O–H groups in total. The van der Waals surface area contributed by atoms with E-state index in [1.807, 2.05) is 24.4 Å². The SMILES string of the molecule is Cc1cc2nc(C(C)C)cc(N(C)Cc3cc(C)[nH]n3)n2n1. The first-order valence-electron chi connectivity index (χ1n) is 7.53. The first-order chi connectivity index (χ1) is 10.4. The van der Waals surface area contributed by atoms with Gasteiger partial charge in [0, 0.05) is 30.6 Å². The summed E-state index contributed by atoms with van der Waals surface area (Å²) in [6, 6.07) is 6.19. The Morgan fingerprint density at radius 2 is 2.00 bits per heavy atom. The molecule has 0 radical (unpaired) electrons. The quantitative estimate of drug-likeness (QED) is 0.804. The summed E-state index contributed by atoms with van der Waals surface area (Å²) < 4.78 is 1.90. The zero-order chi connectivity index (χ0) is 15.9. The first-order valence-corrected chi connectivity index (χ1v) is 7.53. The van der Waals surface area contributed by atoms with Crippen LogP contribution in [0.4, 0.5) is 5.82 Å². The Kier molecular flexibility index (Phi) is 3.60. The molecule has 6 heteroatoms. The van der Waals surface area contributed by atoms with Crippen molar-refractivity contribution in [3.63, 3.8) is 0 Å². The average molecular weight is 298 g/mol. The van der Waals surface area contributed by atoms with E-state index in [-0.39, 0.29) is 0 Å². The number of fused-ring (bicyclic) bond motifs is 1. The van der Waals surface area contributed by atoms with Gasteiger partial charge in [-0.1, -0.05) is 13.8 Å². The van der Waals surface area contributed by atoms with E-state index in [0.717, 1.165) is 40.8 Å². The predicted octanol–water partition coefficient (Wildman–Crippen LogP) is 2.83. The van der Waals surface area contributed by atoms with Crippen molar-refractivity contribution in [2.45, 2.75) is 40.2 Å². The molecular formula is C16H22N6. The van der Waals surface area contributed by atoms with E-state index in [1.165, 1.54) is 0 Å². The molecule has 0 aliphatic carbocycles. The summed E-state index contributed by atoms with van der Waals surface area (Å²) in [6.45, 7) is 9.03. The molecule has 3 aromatic heterocycles. The molecular weight excluding hydrogens is 276 g/mol. The Hall–Kier alpha value is -2.37. The molecule has 0 aliphatic rings. The van der Waals surface area contributed by atoms with Crippen molar-refractivity contribution in [2.75, 3.05) is 11.9 Å². The van der Waals surface area contributed by atoms with E-state index in [0.29, 0.717) is 5.92 Å². The Morgan fingerprint density at radius 1 is 1.23 bits per heavy atom. The highest BCUT2D eigenvalue weighted by Gasteiger charge is 2.14. The maximum Gasteiger partial charge on any atom is 0.157 e. The van der Waals surface area contributed by atoms with Crippen LogP contribution in [0.5, 0.6) is 0 Å². The second-order valence-corrected chi connectivity index (χ2v) is 6.15. The van der Waals surface area contributed by atoms with E-state index in [1.54, 1.807) is 0 Å². The van der Waals surface area contributed by atoms with Crippen LogP contribution in [-0.2, 0) is 6.54 Å². The van der Waals surface area contributed by atoms with Gasteiger partial charge in [-0.15, -0.1) is 0 Å². The molecule has 3 aromatic rings. The Labute approximate surface area is 130 Å². The molecule has 6 nitrogen and oxygen atoms in total. The van der Waals surface area contributed by atoms with Gasteiger partial charge < -0.3 is 4.90 Å². The zero-order valence-electron chi connectivity index (χ0n) is 13.8. The number of nitrogens with one attached hydrogen (secondary N) is 1. The number of nitrogens with zero attached hydrogens (tertiary/aromatic N) is 5. The van der Waals surface area contributed by atoms with Crippen LogP contribution in [0.1, 0.15) is 42.5 Å². The molecule has 116 valence electrons. The lowest BCUT2D eigenvalue weighted by atomic mass is 10.1. The van der Waals surface area contributed by atoms with Crippen molar-refractivity contribution in [1.82, 2.24) is 24.8 Å². The van der Waals surface area contributed by atoms with E-state index < -0.39 is 0 Å². The van der Waals surface area contributed by atoms with E-state index >= 15 is 0 Å². The summed E-state index contributed by atoms with van der Waals surface area (Å²) in [7, 11) is 2.06. The van der Waals surface area contributed by atoms with Crippen LogP contribution in [0, 0.1) is 13.8 Å². The molecule has 0 atom stereocenters. The molecule has 3 rings (SSSR count). The molecule has 0 unspecified atom stereocenters. The van der Waals surface area contributed by atoms with E-state index in [2.05, 4.69) is 53.2 Å². The normalized spacial score (nSPS) is 11.5. The fourth-order valence-corrected chi connectivity index (χ4v) is 2.54. The second-order valence-electron chi connectivity index (χ2n) is 6.15. The minimum atomic E-state index is 0.375. The molecule has 0 saturated carbocycles. The highest BCUT2D eigenvalue weighted by molar-refractivity contribution is 5.52. The molecule has 3 heterocycles. The van der Waals surface area contributed by atoms with Gasteiger partial charge in [0.25, 0.3) is 0 Å². The minimum absolute atomic E-state index is 0.375. The third kappa shape index (κ3) is 2.68. The van der Waals surface area contributed by atoms with Gasteiger partial charge in [0.1, 0.15) is 5.82 Å². The first kappa shape index (κ1) is 14.6. The summed E-state index contributed by atoms with van der Waals surface area (Å²) in [5.41, 5.74) is 5.02. The predicted molar refractivity (Wildman–Crippen MR) is 87.2 cm³/mol. The van der Waals surface area contributed by atoms with Crippen LogP contribution in [0.15, 0.2) is 18.2 Å². The zero-order valence-corrected chi connectivity index (χ0v) is 13.8. The standard InChI is InChI=1S/C16H22N6/c1-10(2)14-8-16(22-15(17-14)7-12(4)20-22)21(5)9-13-6-11(3)18-19-13/h6-8,10H,9H2,1-5H3,(H,18,19). The fourth-order valence-electron chi connectivity index (χ4n) is 2.54. The molecule has 0 aliphatic heterocycles. The molecule has 0 spiro atoms. The summed E-state index contributed by atoms with van der Waals surface area (Å²) in [6.07, 6.45) is 0. The summed E-state index contributed by atoms with van der Waals surface area (Å²) in [5.74, 6) is 1.41. The van der Waals surface area contributed by atoms with Crippen LogP contribution in [0.3, 0.4) is 0 Å². The Bertz CT molecular complexity index is 798. The lowest BCUT2D eigenvalue weighted by Gasteiger charge is -2.20. The second kappa shape index (κ2) is 5.44. The third-order valence-corrected chi connectivity index (χ3v) is 3.69. The van der Waals surface area contributed by atoms with Gasteiger partial charge in [0.05, 0.1) is 17.9 Å². The summed E-state index contributed by atoms with van der Waals surface area (Å²) in [5, 5.41) is 11.9. The number of H-pyrrole nitrogens is 1. The van der Waals surface area contributed by atoms with Crippen LogP contribution in [-0.4, -0.2) is 31.8 Å². The lowest BCUT2D eigenvalue weighted by Crippen LogP contribution is -2.21. The Balaban J connectivity index is 2.03. The summed E-state index contributed by atoms with van der Waals surface area (Å²) in [4.78, 5) is 6.86. The highest BCUT2D eigenvalue weighted by Crippen LogP contribution is 2.22. The molecule has 0 bridgehead atoms.